The molecule has 1 N–H and O–H groups in total. The van der Waals surface area contributed by atoms with Crippen LogP contribution in [0.1, 0.15) is 5.56 Å². The number of nitrogens with one attached hydrogen (secondary N) is 1. The van der Waals surface area contributed by atoms with Crippen molar-refractivity contribution in [1.29, 1.82) is 0 Å². The van der Waals surface area contributed by atoms with Crippen molar-refractivity contribution >= 4 is 11.6 Å². The topological polar surface area (TPSA) is 24.5 Å². The third kappa shape index (κ3) is 3.09. The minimum absolute atomic E-state index is 0.211. The quantitative estimate of drug-likeness (QED) is 0.896. The molecule has 0 unspecified atom stereocenters. The summed E-state index contributed by atoms with van der Waals surface area (Å²) >= 11 is 5.94. The molecule has 0 atom stereocenters. The molecule has 0 radical (unpaired) electrons. The number of rotatable bonds is 3. The lowest BCUT2D eigenvalue weighted by atomic mass is 10.1. The minimum atomic E-state index is -0.310. The van der Waals surface area contributed by atoms with Gasteiger partial charge in [0, 0.05) is 49.4 Å². The second-order valence-electron chi connectivity index (χ2n) is 4.11. The molecular weight excluding hydrogens is 243 g/mol. The van der Waals surface area contributed by atoms with E-state index in [-0.39, 0.29) is 11.6 Å². The standard InChI is InChI=1S/C12H16ClFN2O/c1-17-11-7-10(13)6-9(12(11)14)8-16-4-2-15-3-5-16/h6-7,15H,2-5,8H2,1H3. The first kappa shape index (κ1) is 12.6. The van der Waals surface area contributed by atoms with E-state index in [2.05, 4.69) is 10.2 Å². The molecular formula is C12H16ClFN2O. The fourth-order valence-electron chi connectivity index (χ4n) is 1.99. The third-order valence-corrected chi connectivity index (χ3v) is 3.12. The number of ether oxygens (including phenoxy) is 1. The average Bonchev–Trinajstić information content (AvgIpc) is 2.34. The molecule has 17 heavy (non-hydrogen) atoms. The van der Waals surface area contributed by atoms with E-state index in [1.807, 2.05) is 0 Å². The first-order valence-corrected chi connectivity index (χ1v) is 6.03. The van der Waals surface area contributed by atoms with Crippen molar-refractivity contribution in [2.24, 2.45) is 0 Å². The zero-order chi connectivity index (χ0) is 12.3. The van der Waals surface area contributed by atoms with Gasteiger partial charge >= 0.3 is 0 Å². The predicted octanol–water partition coefficient (Wildman–Crippen LogP) is 1.89. The molecule has 1 heterocycles. The number of benzene rings is 1. The highest BCUT2D eigenvalue weighted by atomic mass is 35.5. The fraction of sp³-hybridized carbons (Fsp3) is 0.500. The van der Waals surface area contributed by atoms with Crippen molar-refractivity contribution in [2.75, 3.05) is 33.3 Å². The summed E-state index contributed by atoms with van der Waals surface area (Å²) in [7, 11) is 1.45. The normalized spacial score (nSPS) is 17.1. The van der Waals surface area contributed by atoms with E-state index >= 15 is 0 Å². The Labute approximate surface area is 106 Å². The summed E-state index contributed by atoms with van der Waals surface area (Å²) < 4.78 is 18.9. The summed E-state index contributed by atoms with van der Waals surface area (Å²) in [5.41, 5.74) is 0.594. The van der Waals surface area contributed by atoms with Crippen LogP contribution >= 0.6 is 11.6 Å². The molecule has 0 aliphatic carbocycles. The van der Waals surface area contributed by atoms with Gasteiger partial charge in [0.1, 0.15) is 0 Å². The van der Waals surface area contributed by atoms with E-state index in [0.717, 1.165) is 26.2 Å². The molecule has 1 aromatic carbocycles. The van der Waals surface area contributed by atoms with Crippen LogP contribution in [0.4, 0.5) is 4.39 Å². The largest absolute Gasteiger partial charge is 0.494 e. The number of methoxy groups -OCH3 is 1. The van der Waals surface area contributed by atoms with Crippen LogP contribution in [-0.4, -0.2) is 38.2 Å². The third-order valence-electron chi connectivity index (χ3n) is 2.90. The second-order valence-corrected chi connectivity index (χ2v) is 4.54. The van der Waals surface area contributed by atoms with Crippen LogP contribution in [0.15, 0.2) is 12.1 Å². The summed E-state index contributed by atoms with van der Waals surface area (Å²) in [6.07, 6.45) is 0. The first-order chi connectivity index (χ1) is 8.20. The van der Waals surface area contributed by atoms with Gasteiger partial charge in [-0.3, -0.25) is 4.90 Å². The molecule has 94 valence electrons. The maximum absolute atomic E-state index is 14.0. The molecule has 1 fully saturated rings. The Hall–Kier alpha value is -0.840. The Kier molecular flexibility index (Phi) is 4.20. The van der Waals surface area contributed by atoms with Gasteiger partial charge in [-0.1, -0.05) is 11.6 Å². The van der Waals surface area contributed by atoms with Crippen molar-refractivity contribution in [2.45, 2.75) is 6.54 Å². The van der Waals surface area contributed by atoms with Crippen LogP contribution in [0.2, 0.25) is 5.02 Å². The van der Waals surface area contributed by atoms with E-state index < -0.39 is 0 Å². The predicted molar refractivity (Wildman–Crippen MR) is 66.1 cm³/mol. The van der Waals surface area contributed by atoms with Crippen LogP contribution in [0.3, 0.4) is 0 Å². The summed E-state index contributed by atoms with van der Waals surface area (Å²) in [5, 5.41) is 3.77. The minimum Gasteiger partial charge on any atom is -0.494 e. The number of halogens is 2. The van der Waals surface area contributed by atoms with Crippen LogP contribution in [0.25, 0.3) is 0 Å². The zero-order valence-corrected chi connectivity index (χ0v) is 10.6. The first-order valence-electron chi connectivity index (χ1n) is 5.65. The van der Waals surface area contributed by atoms with Crippen molar-refractivity contribution in [3.05, 3.63) is 28.5 Å². The van der Waals surface area contributed by atoms with Crippen molar-refractivity contribution in [3.63, 3.8) is 0 Å². The molecule has 0 saturated carbocycles. The van der Waals surface area contributed by atoms with E-state index in [1.165, 1.54) is 13.2 Å². The maximum atomic E-state index is 14.0. The van der Waals surface area contributed by atoms with E-state index in [0.29, 0.717) is 17.1 Å². The lowest BCUT2D eigenvalue weighted by molar-refractivity contribution is 0.229. The van der Waals surface area contributed by atoms with E-state index in [9.17, 15) is 4.39 Å². The van der Waals surface area contributed by atoms with Gasteiger partial charge in [-0.2, -0.15) is 0 Å². The Morgan fingerprint density at radius 3 is 2.76 bits per heavy atom. The van der Waals surface area contributed by atoms with Crippen LogP contribution < -0.4 is 10.1 Å². The van der Waals surface area contributed by atoms with Crippen LogP contribution in [0, 0.1) is 5.82 Å². The van der Waals surface area contributed by atoms with Gasteiger partial charge in [-0.15, -0.1) is 0 Å². The van der Waals surface area contributed by atoms with Crippen molar-refractivity contribution in [1.82, 2.24) is 10.2 Å². The molecule has 0 bridgehead atoms. The van der Waals surface area contributed by atoms with Gasteiger partial charge in [0.2, 0.25) is 0 Å². The maximum Gasteiger partial charge on any atom is 0.169 e. The molecule has 2 rings (SSSR count). The van der Waals surface area contributed by atoms with Gasteiger partial charge in [-0.05, 0) is 6.07 Å². The summed E-state index contributed by atoms with van der Waals surface area (Å²) in [4.78, 5) is 2.20. The lowest BCUT2D eigenvalue weighted by Crippen LogP contribution is -2.43. The van der Waals surface area contributed by atoms with Crippen molar-refractivity contribution in [3.8, 4) is 5.75 Å². The second kappa shape index (κ2) is 5.67. The smallest absolute Gasteiger partial charge is 0.169 e. The van der Waals surface area contributed by atoms with E-state index in [4.69, 9.17) is 16.3 Å². The van der Waals surface area contributed by atoms with Gasteiger partial charge in [0.15, 0.2) is 11.6 Å². The van der Waals surface area contributed by atoms with E-state index in [1.54, 1.807) is 6.07 Å². The lowest BCUT2D eigenvalue weighted by Gasteiger charge is -2.27. The van der Waals surface area contributed by atoms with Crippen LogP contribution in [-0.2, 0) is 6.54 Å². The Bertz CT molecular complexity index is 394. The molecule has 0 spiro atoms. The van der Waals surface area contributed by atoms with Gasteiger partial charge in [0.05, 0.1) is 7.11 Å². The number of nitrogens with zero attached hydrogens (tertiary/aromatic N) is 1. The Morgan fingerprint density at radius 2 is 2.12 bits per heavy atom. The highest BCUT2D eigenvalue weighted by molar-refractivity contribution is 6.30. The molecule has 1 saturated heterocycles. The number of hydrogen-bond acceptors (Lipinski definition) is 3. The highest BCUT2D eigenvalue weighted by Gasteiger charge is 2.15. The number of piperazine rings is 1. The molecule has 1 aliphatic rings. The molecule has 0 aromatic heterocycles. The number of hydrogen-bond donors (Lipinski definition) is 1. The monoisotopic (exact) mass is 258 g/mol. The summed E-state index contributed by atoms with van der Waals surface area (Å²) in [6.45, 7) is 4.31. The summed E-state index contributed by atoms with van der Waals surface area (Å²) in [6, 6.07) is 3.17. The van der Waals surface area contributed by atoms with Crippen molar-refractivity contribution < 1.29 is 9.13 Å². The molecule has 1 aromatic rings. The Balaban J connectivity index is 2.16. The zero-order valence-electron chi connectivity index (χ0n) is 9.80. The van der Waals surface area contributed by atoms with Crippen LogP contribution in [0.5, 0.6) is 5.75 Å². The molecule has 1 aliphatic heterocycles. The average molecular weight is 259 g/mol. The van der Waals surface area contributed by atoms with Gasteiger partial charge in [-0.25, -0.2) is 4.39 Å². The molecule has 3 nitrogen and oxygen atoms in total. The molecule has 5 heteroatoms. The SMILES string of the molecule is COc1cc(Cl)cc(CN2CCNCC2)c1F. The van der Waals surface area contributed by atoms with Gasteiger partial charge < -0.3 is 10.1 Å². The summed E-state index contributed by atoms with van der Waals surface area (Å²) in [5.74, 6) is -0.0990. The van der Waals surface area contributed by atoms with Gasteiger partial charge in [0.25, 0.3) is 0 Å². The Morgan fingerprint density at radius 1 is 1.41 bits per heavy atom. The highest BCUT2D eigenvalue weighted by Crippen LogP contribution is 2.26. The fourth-order valence-corrected chi connectivity index (χ4v) is 2.22. The molecule has 0 amide bonds.